The van der Waals surface area contributed by atoms with E-state index in [-0.39, 0.29) is 5.02 Å². The van der Waals surface area contributed by atoms with E-state index in [0.717, 1.165) is 0 Å². The fraction of sp³-hybridized carbons (Fsp3) is 0.182. The minimum absolute atomic E-state index is 0.0112. The van der Waals surface area contributed by atoms with Crippen LogP contribution in [0.15, 0.2) is 24.4 Å². The zero-order valence-corrected chi connectivity index (χ0v) is 10.4. The van der Waals surface area contributed by atoms with Crippen molar-refractivity contribution in [1.29, 1.82) is 0 Å². The smallest absolute Gasteiger partial charge is 0.142 e. The van der Waals surface area contributed by atoms with Gasteiger partial charge in [-0.1, -0.05) is 29.3 Å². The molecule has 0 aliphatic rings. The van der Waals surface area contributed by atoms with Crippen molar-refractivity contribution in [3.8, 4) is 0 Å². The molecule has 0 saturated heterocycles. The Morgan fingerprint density at radius 3 is 2.59 bits per heavy atom. The normalized spacial score (nSPS) is 12.8. The molecule has 0 bridgehead atoms. The molecule has 2 rings (SSSR count). The van der Waals surface area contributed by atoms with Crippen molar-refractivity contribution in [2.24, 2.45) is 7.05 Å². The maximum Gasteiger partial charge on any atom is 0.142 e. The van der Waals surface area contributed by atoms with Gasteiger partial charge in [0.25, 0.3) is 0 Å². The summed E-state index contributed by atoms with van der Waals surface area (Å²) in [5.41, 5.74) is 0.783. The summed E-state index contributed by atoms with van der Waals surface area (Å²) in [4.78, 5) is 0. The third kappa shape index (κ3) is 2.29. The predicted molar refractivity (Wildman–Crippen MR) is 63.7 cm³/mol. The standard InChI is InChI=1S/C11H9Cl2FN2O/c1-16-10(8(13)5-15-16)11(17)6-2-3-7(12)9(14)4-6/h2-5,11,17H,1H3. The number of aryl methyl sites for hydroxylation is 1. The summed E-state index contributed by atoms with van der Waals surface area (Å²) in [7, 11) is 1.65. The van der Waals surface area contributed by atoms with Crippen LogP contribution in [0.5, 0.6) is 0 Å². The molecule has 6 heteroatoms. The maximum absolute atomic E-state index is 13.3. The Morgan fingerprint density at radius 2 is 2.06 bits per heavy atom. The van der Waals surface area contributed by atoms with Gasteiger partial charge in [-0.25, -0.2) is 4.39 Å². The Bertz CT molecular complexity index is 537. The molecule has 0 fully saturated rings. The van der Waals surface area contributed by atoms with Crippen LogP contribution in [0.4, 0.5) is 4.39 Å². The Morgan fingerprint density at radius 1 is 1.35 bits per heavy atom. The number of aliphatic hydroxyl groups is 1. The van der Waals surface area contributed by atoms with E-state index in [1.54, 1.807) is 13.1 Å². The molecule has 1 aromatic carbocycles. The van der Waals surface area contributed by atoms with Gasteiger partial charge in [-0.2, -0.15) is 5.10 Å². The van der Waals surface area contributed by atoms with Gasteiger partial charge in [-0.15, -0.1) is 0 Å². The average molecular weight is 275 g/mol. The van der Waals surface area contributed by atoms with E-state index >= 15 is 0 Å². The van der Waals surface area contributed by atoms with Crippen LogP contribution in [-0.2, 0) is 7.05 Å². The third-order valence-electron chi connectivity index (χ3n) is 2.46. The van der Waals surface area contributed by atoms with E-state index in [4.69, 9.17) is 23.2 Å². The predicted octanol–water partition coefficient (Wildman–Crippen LogP) is 2.95. The lowest BCUT2D eigenvalue weighted by Gasteiger charge is -2.12. The highest BCUT2D eigenvalue weighted by Crippen LogP contribution is 2.29. The lowest BCUT2D eigenvalue weighted by Crippen LogP contribution is -2.07. The first-order valence-corrected chi connectivity index (χ1v) is 5.56. The monoisotopic (exact) mass is 274 g/mol. The quantitative estimate of drug-likeness (QED) is 0.915. The number of rotatable bonds is 2. The Balaban J connectivity index is 2.43. The second-order valence-electron chi connectivity index (χ2n) is 3.58. The molecule has 1 heterocycles. The summed E-state index contributed by atoms with van der Waals surface area (Å²) in [5.74, 6) is -0.582. The van der Waals surface area contributed by atoms with Crippen LogP contribution in [0.2, 0.25) is 10.0 Å². The topological polar surface area (TPSA) is 38.0 Å². The fourth-order valence-corrected chi connectivity index (χ4v) is 1.95. The number of nitrogens with zero attached hydrogens (tertiary/aromatic N) is 2. The fourth-order valence-electron chi connectivity index (χ4n) is 1.57. The van der Waals surface area contributed by atoms with Crippen molar-refractivity contribution >= 4 is 23.2 Å². The van der Waals surface area contributed by atoms with Crippen molar-refractivity contribution in [2.45, 2.75) is 6.10 Å². The van der Waals surface area contributed by atoms with Crippen LogP contribution < -0.4 is 0 Å². The highest BCUT2D eigenvalue weighted by atomic mass is 35.5. The van der Waals surface area contributed by atoms with Gasteiger partial charge in [-0.05, 0) is 17.7 Å². The van der Waals surface area contributed by atoms with Crippen LogP contribution in [0.25, 0.3) is 0 Å². The van der Waals surface area contributed by atoms with Crippen molar-refractivity contribution in [2.75, 3.05) is 0 Å². The van der Waals surface area contributed by atoms with E-state index in [1.165, 1.54) is 23.0 Å². The van der Waals surface area contributed by atoms with E-state index < -0.39 is 11.9 Å². The number of hydrogen-bond donors (Lipinski definition) is 1. The van der Waals surface area contributed by atoms with Gasteiger partial charge in [0.1, 0.15) is 11.9 Å². The van der Waals surface area contributed by atoms with Gasteiger partial charge in [0.2, 0.25) is 0 Å². The molecule has 0 aliphatic heterocycles. The largest absolute Gasteiger partial charge is 0.382 e. The van der Waals surface area contributed by atoms with Gasteiger partial charge < -0.3 is 5.11 Å². The highest BCUT2D eigenvalue weighted by Gasteiger charge is 2.19. The van der Waals surface area contributed by atoms with Gasteiger partial charge in [0.15, 0.2) is 0 Å². The Labute approximate surface area is 107 Å². The molecule has 0 saturated carbocycles. The van der Waals surface area contributed by atoms with Gasteiger partial charge in [0.05, 0.1) is 21.9 Å². The van der Waals surface area contributed by atoms with Crippen LogP contribution in [0.1, 0.15) is 17.4 Å². The molecule has 3 nitrogen and oxygen atoms in total. The maximum atomic E-state index is 13.3. The molecule has 1 atom stereocenters. The number of aliphatic hydroxyl groups excluding tert-OH is 1. The molecular weight excluding hydrogens is 266 g/mol. The van der Waals surface area contributed by atoms with Crippen molar-refractivity contribution < 1.29 is 9.50 Å². The Kier molecular flexibility index (Phi) is 3.38. The van der Waals surface area contributed by atoms with Crippen LogP contribution in [-0.4, -0.2) is 14.9 Å². The van der Waals surface area contributed by atoms with Gasteiger partial charge >= 0.3 is 0 Å². The van der Waals surface area contributed by atoms with E-state index in [0.29, 0.717) is 16.3 Å². The number of benzene rings is 1. The summed E-state index contributed by atoms with van der Waals surface area (Å²) < 4.78 is 14.7. The molecule has 1 aromatic heterocycles. The van der Waals surface area contributed by atoms with Gasteiger partial charge in [0, 0.05) is 7.05 Å². The van der Waals surface area contributed by atoms with Gasteiger partial charge in [-0.3, -0.25) is 4.68 Å². The summed E-state index contributed by atoms with van der Waals surface area (Å²) >= 11 is 11.5. The second-order valence-corrected chi connectivity index (χ2v) is 4.39. The van der Waals surface area contributed by atoms with Crippen LogP contribution in [0, 0.1) is 5.82 Å². The minimum Gasteiger partial charge on any atom is -0.382 e. The third-order valence-corrected chi connectivity index (χ3v) is 3.05. The molecule has 0 radical (unpaired) electrons. The van der Waals surface area contributed by atoms with Crippen LogP contribution >= 0.6 is 23.2 Å². The van der Waals surface area contributed by atoms with Crippen molar-refractivity contribution in [3.63, 3.8) is 0 Å². The zero-order chi connectivity index (χ0) is 12.6. The molecule has 2 aromatic rings. The van der Waals surface area contributed by atoms with E-state index in [1.807, 2.05) is 0 Å². The molecule has 1 N–H and O–H groups in total. The molecule has 0 spiro atoms. The SMILES string of the molecule is Cn1ncc(Cl)c1C(O)c1ccc(Cl)c(F)c1. The zero-order valence-electron chi connectivity index (χ0n) is 8.86. The van der Waals surface area contributed by atoms with E-state index in [9.17, 15) is 9.50 Å². The lowest BCUT2D eigenvalue weighted by atomic mass is 10.1. The molecule has 90 valence electrons. The lowest BCUT2D eigenvalue weighted by molar-refractivity contribution is 0.209. The second kappa shape index (κ2) is 4.64. The summed E-state index contributed by atoms with van der Waals surface area (Å²) in [6.45, 7) is 0. The summed E-state index contributed by atoms with van der Waals surface area (Å²) in [6.07, 6.45) is 0.383. The van der Waals surface area contributed by atoms with Crippen LogP contribution in [0.3, 0.4) is 0 Å². The molecule has 0 amide bonds. The first kappa shape index (κ1) is 12.4. The first-order chi connectivity index (χ1) is 8.00. The highest BCUT2D eigenvalue weighted by molar-refractivity contribution is 6.31. The Hall–Kier alpha value is -1.10. The van der Waals surface area contributed by atoms with Crippen molar-refractivity contribution in [3.05, 3.63) is 51.5 Å². The number of halogens is 3. The summed E-state index contributed by atoms with van der Waals surface area (Å²) in [5, 5.41) is 14.4. The van der Waals surface area contributed by atoms with Crippen molar-refractivity contribution in [1.82, 2.24) is 9.78 Å². The number of aromatic nitrogens is 2. The number of hydrogen-bond acceptors (Lipinski definition) is 2. The summed E-state index contributed by atoms with van der Waals surface area (Å²) in [6, 6.07) is 4.11. The van der Waals surface area contributed by atoms with E-state index in [2.05, 4.69) is 5.10 Å². The average Bonchev–Trinajstić information content (AvgIpc) is 2.62. The first-order valence-electron chi connectivity index (χ1n) is 4.81. The molecule has 1 unspecified atom stereocenters. The molecular formula is C11H9Cl2FN2O. The molecule has 0 aliphatic carbocycles. The molecule has 17 heavy (non-hydrogen) atoms. The minimum atomic E-state index is -1.04.